The molecule has 0 radical (unpaired) electrons. The van der Waals surface area contributed by atoms with Crippen molar-refractivity contribution in [3.05, 3.63) is 59.2 Å². The van der Waals surface area contributed by atoms with Crippen LogP contribution in [0.3, 0.4) is 0 Å². The van der Waals surface area contributed by atoms with Crippen LogP contribution in [0.15, 0.2) is 42.5 Å². The first kappa shape index (κ1) is 34.0. The van der Waals surface area contributed by atoms with Gasteiger partial charge in [0.05, 0.1) is 60.0 Å². The molecule has 2 aliphatic heterocycles. The van der Waals surface area contributed by atoms with E-state index in [9.17, 15) is 40.5 Å². The average Bonchev–Trinajstić information content (AvgIpc) is 3.69. The lowest BCUT2D eigenvalue weighted by Gasteiger charge is -2.24. The van der Waals surface area contributed by atoms with Gasteiger partial charge in [-0.25, -0.2) is 4.79 Å². The molecule has 3 aromatic rings. The lowest BCUT2D eigenvalue weighted by atomic mass is 9.84. The Morgan fingerprint density at radius 1 is 0.809 bits per heavy atom. The molecule has 7 N–H and O–H groups in total. The standard InChI is InChI=1S/C33H38O14/c1-42-24-8-15(4-5-22(24)36)30-20-13-46-31(21(20)14-45-30)17-7-18(29(39)25(10-17)43-2)19-6-16(28(38)23(37)11-34)9-26(44-3)32(19)47-27(12-35)33(40)41/h4-10,20-21,23,27-28,30-31,34-39H,11-14H2,1-3H3,(H,40,41). The molecule has 3 aromatic carbocycles. The summed E-state index contributed by atoms with van der Waals surface area (Å²) >= 11 is 0. The van der Waals surface area contributed by atoms with E-state index >= 15 is 0 Å². The van der Waals surface area contributed by atoms with E-state index in [4.69, 9.17) is 28.4 Å². The number of rotatable bonds is 13. The largest absolute Gasteiger partial charge is 0.504 e. The number of hydrogen-bond donors (Lipinski definition) is 7. The predicted molar refractivity (Wildman–Crippen MR) is 163 cm³/mol. The number of hydrogen-bond acceptors (Lipinski definition) is 13. The van der Waals surface area contributed by atoms with Crippen molar-refractivity contribution in [2.24, 2.45) is 11.8 Å². The SMILES string of the molecule is COc1cc(C2OCC3C(c4cc(OC)c(O)c(-c5cc(C(O)C(O)CO)cc(OC)c5OC(CO)C(=O)O)c4)OCC23)ccc1O. The number of phenols is 2. The summed E-state index contributed by atoms with van der Waals surface area (Å²) in [6.07, 6.45) is -5.78. The molecular formula is C33H38O14. The number of carboxylic acid groups (broad SMARTS) is 1. The minimum atomic E-state index is -1.72. The van der Waals surface area contributed by atoms with E-state index in [0.29, 0.717) is 24.5 Å². The summed E-state index contributed by atoms with van der Waals surface area (Å²) in [4.78, 5) is 11.8. The van der Waals surface area contributed by atoms with Gasteiger partial charge < -0.3 is 64.2 Å². The first-order valence-electron chi connectivity index (χ1n) is 14.8. The third-order valence-corrected chi connectivity index (χ3v) is 8.62. The van der Waals surface area contributed by atoms with Gasteiger partial charge in [-0.15, -0.1) is 0 Å². The lowest BCUT2D eigenvalue weighted by molar-refractivity contribution is -0.146. The molecule has 0 aliphatic carbocycles. The smallest absolute Gasteiger partial charge is 0.347 e. The zero-order valence-corrected chi connectivity index (χ0v) is 25.9. The molecule has 14 nitrogen and oxygen atoms in total. The number of aliphatic carboxylic acids is 1. The Bertz CT molecular complexity index is 1590. The molecule has 2 aliphatic rings. The second kappa shape index (κ2) is 14.2. The van der Waals surface area contributed by atoms with Crippen LogP contribution in [0.4, 0.5) is 0 Å². The summed E-state index contributed by atoms with van der Waals surface area (Å²) in [5.41, 5.74) is 1.56. The summed E-state index contributed by atoms with van der Waals surface area (Å²) in [6.45, 7) is -0.991. The van der Waals surface area contributed by atoms with Crippen molar-refractivity contribution in [3.63, 3.8) is 0 Å². The highest BCUT2D eigenvalue weighted by Gasteiger charge is 2.48. The van der Waals surface area contributed by atoms with Gasteiger partial charge in [-0.3, -0.25) is 0 Å². The Balaban J connectivity index is 1.61. The maximum atomic E-state index is 11.8. The molecule has 5 rings (SSSR count). The Morgan fingerprint density at radius 3 is 2.00 bits per heavy atom. The van der Waals surface area contributed by atoms with Crippen molar-refractivity contribution >= 4 is 5.97 Å². The first-order valence-corrected chi connectivity index (χ1v) is 14.8. The molecule has 7 atom stereocenters. The van der Waals surface area contributed by atoms with Gasteiger partial charge in [0.1, 0.15) is 12.2 Å². The first-order chi connectivity index (χ1) is 22.6. The third kappa shape index (κ3) is 6.48. The van der Waals surface area contributed by atoms with E-state index in [2.05, 4.69) is 0 Å². The van der Waals surface area contributed by atoms with Gasteiger partial charge in [0.2, 0.25) is 6.10 Å². The van der Waals surface area contributed by atoms with Crippen LogP contribution < -0.4 is 18.9 Å². The molecule has 14 heteroatoms. The van der Waals surface area contributed by atoms with Crippen molar-refractivity contribution in [2.75, 3.05) is 47.8 Å². The second-order valence-corrected chi connectivity index (χ2v) is 11.3. The summed E-state index contributed by atoms with van der Waals surface area (Å²) in [7, 11) is 4.09. The van der Waals surface area contributed by atoms with E-state index in [1.165, 1.54) is 33.5 Å². The monoisotopic (exact) mass is 658 g/mol. The fourth-order valence-corrected chi connectivity index (χ4v) is 6.16. The van der Waals surface area contributed by atoms with Crippen LogP contribution >= 0.6 is 0 Å². The second-order valence-electron chi connectivity index (χ2n) is 11.3. The van der Waals surface area contributed by atoms with Crippen molar-refractivity contribution in [1.29, 1.82) is 0 Å². The molecule has 0 amide bonds. The molecule has 2 heterocycles. The third-order valence-electron chi connectivity index (χ3n) is 8.62. The van der Waals surface area contributed by atoms with E-state index in [-0.39, 0.29) is 63.4 Å². The van der Waals surface area contributed by atoms with Crippen LogP contribution in [-0.2, 0) is 14.3 Å². The van der Waals surface area contributed by atoms with Crippen LogP contribution in [0, 0.1) is 11.8 Å². The fraction of sp³-hybridized carbons (Fsp3) is 0.424. The van der Waals surface area contributed by atoms with Crippen molar-refractivity contribution in [3.8, 4) is 45.6 Å². The van der Waals surface area contributed by atoms with Crippen molar-refractivity contribution < 1.29 is 69.0 Å². The Hall–Kier alpha value is -4.31. The quantitative estimate of drug-likeness (QED) is 0.140. The highest BCUT2D eigenvalue weighted by Crippen LogP contribution is 2.54. The van der Waals surface area contributed by atoms with Gasteiger partial charge in [-0.2, -0.15) is 0 Å². The van der Waals surface area contributed by atoms with Gasteiger partial charge in [-0.05, 0) is 53.1 Å². The molecule has 2 saturated heterocycles. The topological polar surface area (TPSA) is 214 Å². The molecule has 47 heavy (non-hydrogen) atoms. The van der Waals surface area contributed by atoms with Crippen LogP contribution in [0.1, 0.15) is 35.0 Å². The normalized spacial score (nSPS) is 22.3. The van der Waals surface area contributed by atoms with Crippen LogP contribution in [-0.4, -0.2) is 102 Å². The van der Waals surface area contributed by atoms with Crippen molar-refractivity contribution in [1.82, 2.24) is 0 Å². The number of ether oxygens (including phenoxy) is 6. The van der Waals surface area contributed by atoms with E-state index < -0.39 is 43.6 Å². The molecule has 2 fully saturated rings. The van der Waals surface area contributed by atoms with Crippen LogP contribution in [0.5, 0.6) is 34.5 Å². The zero-order valence-electron chi connectivity index (χ0n) is 25.9. The lowest BCUT2D eigenvalue weighted by Crippen LogP contribution is -2.31. The summed E-state index contributed by atoms with van der Waals surface area (Å²) < 4.78 is 34.5. The van der Waals surface area contributed by atoms with Crippen LogP contribution in [0.25, 0.3) is 11.1 Å². The molecule has 254 valence electrons. The number of fused-ring (bicyclic) bond motifs is 1. The van der Waals surface area contributed by atoms with E-state index in [1.807, 2.05) is 0 Å². The maximum Gasteiger partial charge on any atom is 0.347 e. The highest BCUT2D eigenvalue weighted by atomic mass is 16.5. The number of phenolic OH excluding ortho intramolecular Hbond substituents is 2. The highest BCUT2D eigenvalue weighted by molar-refractivity contribution is 5.82. The molecular weight excluding hydrogens is 620 g/mol. The van der Waals surface area contributed by atoms with Gasteiger partial charge >= 0.3 is 5.97 Å². The number of carboxylic acids is 1. The number of carbonyl (C=O) groups is 1. The number of benzene rings is 3. The number of aliphatic hydroxyl groups excluding tert-OH is 4. The van der Waals surface area contributed by atoms with Gasteiger partial charge in [0.15, 0.2) is 34.5 Å². The summed E-state index contributed by atoms with van der Waals surface area (Å²) in [5.74, 6) is -1.94. The molecule has 0 aromatic heterocycles. The predicted octanol–water partition coefficient (Wildman–Crippen LogP) is 2.08. The molecule has 0 bridgehead atoms. The minimum Gasteiger partial charge on any atom is -0.504 e. The molecule has 0 spiro atoms. The molecule has 7 unspecified atom stereocenters. The van der Waals surface area contributed by atoms with Gasteiger partial charge in [0, 0.05) is 23.0 Å². The van der Waals surface area contributed by atoms with Gasteiger partial charge in [-0.1, -0.05) is 6.07 Å². The van der Waals surface area contributed by atoms with Gasteiger partial charge in [0.25, 0.3) is 0 Å². The van der Waals surface area contributed by atoms with E-state index in [1.54, 1.807) is 30.3 Å². The number of aromatic hydroxyl groups is 2. The average molecular weight is 659 g/mol. The Kier molecular flexibility index (Phi) is 10.3. The number of aliphatic hydroxyl groups is 4. The Morgan fingerprint density at radius 2 is 1.43 bits per heavy atom. The number of methoxy groups -OCH3 is 3. The zero-order chi connectivity index (χ0) is 34.0. The Labute approximate surface area is 269 Å². The summed E-state index contributed by atoms with van der Waals surface area (Å²) in [6, 6.07) is 10.9. The molecule has 0 saturated carbocycles. The fourth-order valence-electron chi connectivity index (χ4n) is 6.16. The van der Waals surface area contributed by atoms with Crippen molar-refractivity contribution in [2.45, 2.75) is 30.5 Å². The van der Waals surface area contributed by atoms with E-state index in [0.717, 1.165) is 5.56 Å². The minimum absolute atomic E-state index is 0.00571. The summed E-state index contributed by atoms with van der Waals surface area (Å²) in [5, 5.41) is 71.2. The van der Waals surface area contributed by atoms with Crippen LogP contribution in [0.2, 0.25) is 0 Å². The maximum absolute atomic E-state index is 11.8.